The minimum atomic E-state index is -0.456. The summed E-state index contributed by atoms with van der Waals surface area (Å²) < 4.78 is 10.6. The molecule has 1 aromatic carbocycles. The van der Waals surface area contributed by atoms with Crippen LogP contribution in [0.3, 0.4) is 0 Å². The summed E-state index contributed by atoms with van der Waals surface area (Å²) in [6.07, 6.45) is 4.46. The number of carbonyl (C=O) groups excluding carboxylic acids is 2. The average molecular weight is 418 g/mol. The fourth-order valence-corrected chi connectivity index (χ4v) is 4.52. The molecule has 2 heterocycles. The highest BCUT2D eigenvalue weighted by Gasteiger charge is 2.41. The maximum atomic E-state index is 13.4. The number of aromatic nitrogens is 1. The second kappa shape index (κ2) is 8.76. The van der Waals surface area contributed by atoms with E-state index in [0.29, 0.717) is 24.0 Å². The van der Waals surface area contributed by atoms with Crippen LogP contribution in [0.25, 0.3) is 0 Å². The first-order valence-electron chi connectivity index (χ1n) is 10.5. The van der Waals surface area contributed by atoms with Crippen molar-refractivity contribution in [3.63, 3.8) is 0 Å². The summed E-state index contributed by atoms with van der Waals surface area (Å²) in [5.41, 5.74) is 4.71. The minimum Gasteiger partial charge on any atom is -0.497 e. The highest BCUT2D eigenvalue weighted by atomic mass is 16.5. The van der Waals surface area contributed by atoms with Crippen LogP contribution in [-0.2, 0) is 14.3 Å². The molecule has 0 spiro atoms. The van der Waals surface area contributed by atoms with Crippen LogP contribution in [0.1, 0.15) is 49.7 Å². The van der Waals surface area contributed by atoms with Crippen molar-refractivity contribution < 1.29 is 19.1 Å². The van der Waals surface area contributed by atoms with Crippen molar-refractivity contribution >= 4 is 11.8 Å². The average Bonchev–Trinajstić information content (AvgIpc) is 2.78. The Morgan fingerprint density at radius 3 is 2.45 bits per heavy atom. The molecule has 1 aliphatic heterocycles. The number of pyridine rings is 1. The molecule has 1 aromatic heterocycles. The number of nitrogens with zero attached hydrogens (tertiary/aromatic N) is 1. The fourth-order valence-electron chi connectivity index (χ4n) is 4.52. The van der Waals surface area contributed by atoms with E-state index in [2.05, 4.69) is 10.3 Å². The highest BCUT2D eigenvalue weighted by Crippen LogP contribution is 2.45. The van der Waals surface area contributed by atoms with Gasteiger partial charge in [0.25, 0.3) is 0 Å². The van der Waals surface area contributed by atoms with E-state index < -0.39 is 11.9 Å². The first-order chi connectivity index (χ1) is 15.0. The Balaban J connectivity index is 1.75. The molecule has 0 fully saturated rings. The summed E-state index contributed by atoms with van der Waals surface area (Å²) in [6.45, 7) is 3.92. The van der Waals surface area contributed by atoms with Gasteiger partial charge >= 0.3 is 5.97 Å². The molecule has 6 nitrogen and oxygen atoms in total. The van der Waals surface area contributed by atoms with Crippen LogP contribution in [0.2, 0.25) is 0 Å². The number of hydrogen-bond donors (Lipinski definition) is 1. The van der Waals surface area contributed by atoms with Crippen molar-refractivity contribution in [2.45, 2.75) is 38.5 Å². The smallest absolute Gasteiger partial charge is 0.336 e. The largest absolute Gasteiger partial charge is 0.497 e. The predicted molar refractivity (Wildman–Crippen MR) is 116 cm³/mol. The Morgan fingerprint density at radius 1 is 1.10 bits per heavy atom. The van der Waals surface area contributed by atoms with Crippen molar-refractivity contribution in [1.82, 2.24) is 10.3 Å². The van der Waals surface area contributed by atoms with Crippen molar-refractivity contribution in [2.24, 2.45) is 0 Å². The van der Waals surface area contributed by atoms with Gasteiger partial charge in [0.05, 0.1) is 19.3 Å². The SMILES string of the molecule is CCOC(=O)C1=C(C)NC2=C(C(=O)C[C@H](c3ccc(OC)cc3)C2)[C@H]1c1ccncc1. The van der Waals surface area contributed by atoms with Gasteiger partial charge in [-0.2, -0.15) is 0 Å². The lowest BCUT2D eigenvalue weighted by Crippen LogP contribution is -2.36. The number of methoxy groups -OCH3 is 1. The molecule has 0 amide bonds. The molecular formula is C25H26N2O4. The maximum Gasteiger partial charge on any atom is 0.336 e. The first kappa shape index (κ1) is 20.8. The number of hydrogen-bond acceptors (Lipinski definition) is 6. The van der Waals surface area contributed by atoms with Crippen molar-refractivity contribution in [1.29, 1.82) is 0 Å². The summed E-state index contributed by atoms with van der Waals surface area (Å²) in [5.74, 6) is 0.0520. The Kier molecular flexibility index (Phi) is 5.89. The molecule has 0 radical (unpaired) electrons. The predicted octanol–water partition coefficient (Wildman–Crippen LogP) is 4.01. The maximum absolute atomic E-state index is 13.4. The van der Waals surface area contributed by atoms with Gasteiger partial charge in [0, 0.05) is 41.7 Å². The quantitative estimate of drug-likeness (QED) is 0.739. The summed E-state index contributed by atoms with van der Waals surface area (Å²) in [4.78, 5) is 30.4. The monoisotopic (exact) mass is 418 g/mol. The van der Waals surface area contributed by atoms with E-state index in [0.717, 1.165) is 28.3 Å². The van der Waals surface area contributed by atoms with E-state index in [1.54, 1.807) is 26.4 Å². The van der Waals surface area contributed by atoms with Crippen molar-refractivity contribution in [3.8, 4) is 5.75 Å². The Morgan fingerprint density at radius 2 is 1.81 bits per heavy atom. The molecule has 1 N–H and O–H groups in total. The first-order valence-corrected chi connectivity index (χ1v) is 10.5. The number of ketones is 1. The third-order valence-electron chi connectivity index (χ3n) is 5.95. The van der Waals surface area contributed by atoms with Crippen LogP contribution in [0, 0.1) is 0 Å². The molecule has 31 heavy (non-hydrogen) atoms. The van der Waals surface area contributed by atoms with E-state index in [9.17, 15) is 9.59 Å². The summed E-state index contributed by atoms with van der Waals surface area (Å²) in [7, 11) is 1.64. The number of dihydropyridines is 1. The number of allylic oxidation sites excluding steroid dienone is 3. The topological polar surface area (TPSA) is 77.5 Å². The van der Waals surface area contributed by atoms with E-state index >= 15 is 0 Å². The number of nitrogens with one attached hydrogen (secondary N) is 1. The Bertz CT molecular complexity index is 1050. The van der Waals surface area contributed by atoms with Gasteiger partial charge in [-0.1, -0.05) is 12.1 Å². The molecule has 2 aromatic rings. The number of rotatable bonds is 5. The number of ether oxygens (including phenoxy) is 2. The van der Waals surface area contributed by atoms with Gasteiger partial charge in [-0.15, -0.1) is 0 Å². The zero-order valence-corrected chi connectivity index (χ0v) is 18.0. The normalized spacial score (nSPS) is 20.8. The summed E-state index contributed by atoms with van der Waals surface area (Å²) in [6, 6.07) is 11.6. The van der Waals surface area contributed by atoms with Crippen LogP contribution >= 0.6 is 0 Å². The number of benzene rings is 1. The number of esters is 1. The van der Waals surface area contributed by atoms with Crippen LogP contribution in [0.5, 0.6) is 5.75 Å². The Labute approximate surface area is 182 Å². The molecule has 2 aliphatic rings. The van der Waals surface area contributed by atoms with Crippen molar-refractivity contribution in [3.05, 3.63) is 82.5 Å². The molecule has 160 valence electrons. The zero-order valence-electron chi connectivity index (χ0n) is 18.0. The standard InChI is InChI=1S/C25H26N2O4/c1-4-31-25(29)22-15(2)27-20-13-18(16-5-7-19(30-3)8-6-16)14-21(28)24(20)23(22)17-9-11-26-12-10-17/h5-12,18,23,27H,4,13-14H2,1-3H3/t18-,23+/m1/s1. The van der Waals surface area contributed by atoms with Crippen LogP contribution in [-0.4, -0.2) is 30.5 Å². The van der Waals surface area contributed by atoms with Gasteiger partial charge in [0.15, 0.2) is 5.78 Å². The fraction of sp³-hybridized carbons (Fsp3) is 0.320. The van der Waals surface area contributed by atoms with Crippen LogP contribution in [0.15, 0.2) is 71.3 Å². The van der Waals surface area contributed by atoms with E-state index in [-0.39, 0.29) is 18.3 Å². The zero-order chi connectivity index (χ0) is 22.0. The molecule has 0 saturated carbocycles. The van der Waals surface area contributed by atoms with Gasteiger partial charge in [-0.05, 0) is 61.6 Å². The Hall–Kier alpha value is -3.41. The molecule has 6 heteroatoms. The van der Waals surface area contributed by atoms with Crippen molar-refractivity contribution in [2.75, 3.05) is 13.7 Å². The lowest BCUT2D eigenvalue weighted by atomic mass is 9.72. The van der Waals surface area contributed by atoms with Crippen LogP contribution in [0.4, 0.5) is 0 Å². The van der Waals surface area contributed by atoms with E-state index in [4.69, 9.17) is 9.47 Å². The summed E-state index contributed by atoms with van der Waals surface area (Å²) >= 11 is 0. The molecule has 4 rings (SSSR count). The lowest BCUT2D eigenvalue weighted by Gasteiger charge is -2.36. The second-order valence-electron chi connectivity index (χ2n) is 7.79. The molecule has 2 atom stereocenters. The molecule has 1 aliphatic carbocycles. The van der Waals surface area contributed by atoms with Gasteiger partial charge in [-0.25, -0.2) is 4.79 Å². The number of Topliss-reactive ketones (excluding diaryl/α,β-unsaturated/α-hetero) is 1. The minimum absolute atomic E-state index is 0.0469. The second-order valence-corrected chi connectivity index (χ2v) is 7.79. The van der Waals surface area contributed by atoms with Gasteiger partial charge < -0.3 is 14.8 Å². The molecule has 0 unspecified atom stereocenters. The van der Waals surface area contributed by atoms with E-state index in [1.165, 1.54) is 0 Å². The van der Waals surface area contributed by atoms with Crippen LogP contribution < -0.4 is 10.1 Å². The summed E-state index contributed by atoms with van der Waals surface area (Å²) in [5, 5.41) is 3.36. The molecular weight excluding hydrogens is 392 g/mol. The highest BCUT2D eigenvalue weighted by molar-refractivity contribution is 6.04. The molecule has 0 bridgehead atoms. The number of carbonyl (C=O) groups is 2. The van der Waals surface area contributed by atoms with Gasteiger partial charge in [-0.3, -0.25) is 9.78 Å². The van der Waals surface area contributed by atoms with E-state index in [1.807, 2.05) is 43.3 Å². The third-order valence-corrected chi connectivity index (χ3v) is 5.95. The lowest BCUT2D eigenvalue weighted by molar-refractivity contribution is -0.138. The van der Waals surface area contributed by atoms with Gasteiger partial charge in [0.1, 0.15) is 5.75 Å². The third kappa shape index (κ3) is 3.98. The molecule has 0 saturated heterocycles. The van der Waals surface area contributed by atoms with Gasteiger partial charge in [0.2, 0.25) is 0 Å².